The third kappa shape index (κ3) is 4.11. The van der Waals surface area contributed by atoms with Crippen molar-refractivity contribution in [3.63, 3.8) is 0 Å². The smallest absolute Gasteiger partial charge is 0.370 e. The van der Waals surface area contributed by atoms with Gasteiger partial charge < -0.3 is 10.6 Å². The lowest BCUT2D eigenvalue weighted by atomic mass is 9.94. The van der Waals surface area contributed by atoms with Crippen LogP contribution in [0.2, 0.25) is 0 Å². The molecule has 1 saturated carbocycles. The van der Waals surface area contributed by atoms with Crippen LogP contribution in [0.4, 0.5) is 18.9 Å². The first kappa shape index (κ1) is 20.5. The molecule has 0 unspecified atom stereocenters. The van der Waals surface area contributed by atoms with Crippen molar-refractivity contribution >= 4 is 22.9 Å². The van der Waals surface area contributed by atoms with Crippen LogP contribution >= 0.6 is 11.3 Å². The Balaban J connectivity index is 1.75. The summed E-state index contributed by atoms with van der Waals surface area (Å²) in [4.78, 5) is 15.4. The number of carbonyl (C=O) groups is 1. The lowest BCUT2D eigenvalue weighted by Crippen LogP contribution is -2.50. The fourth-order valence-corrected chi connectivity index (χ4v) is 5.65. The maximum atomic E-state index is 13.3. The molecule has 8 heteroatoms. The molecule has 0 aromatic carbocycles. The molecule has 4 atom stereocenters. The number of likely N-dealkylation sites (N-methyl/N-ethyl adjacent to an activating group) is 1. The minimum absolute atomic E-state index is 0.184. The third-order valence-electron chi connectivity index (χ3n) is 6.10. The second-order valence-electron chi connectivity index (χ2n) is 8.32. The van der Waals surface area contributed by atoms with Crippen molar-refractivity contribution in [1.82, 2.24) is 4.90 Å². The van der Waals surface area contributed by atoms with Crippen molar-refractivity contribution in [3.8, 4) is 0 Å². The van der Waals surface area contributed by atoms with Crippen molar-refractivity contribution in [1.29, 1.82) is 0 Å². The van der Waals surface area contributed by atoms with Gasteiger partial charge in [0.1, 0.15) is 4.88 Å². The lowest BCUT2D eigenvalue weighted by molar-refractivity contribution is -0.134. The van der Waals surface area contributed by atoms with Gasteiger partial charge in [-0.15, -0.1) is 11.3 Å². The minimum Gasteiger partial charge on any atom is -0.370 e. The van der Waals surface area contributed by atoms with Gasteiger partial charge in [-0.05, 0) is 55.5 Å². The topological polar surface area (TPSA) is 49.6 Å². The summed E-state index contributed by atoms with van der Waals surface area (Å²) in [5.41, 5.74) is 5.95. The lowest BCUT2D eigenvalue weighted by Gasteiger charge is -2.35. The molecular weight excluding hydrogens is 375 g/mol. The minimum atomic E-state index is -4.31. The zero-order valence-electron chi connectivity index (χ0n) is 16.0. The van der Waals surface area contributed by atoms with Crippen molar-refractivity contribution in [2.45, 2.75) is 51.4 Å². The number of nitrogens with two attached hydrogens (primary N) is 1. The van der Waals surface area contributed by atoms with Gasteiger partial charge in [0, 0.05) is 19.1 Å². The van der Waals surface area contributed by atoms with Crippen LogP contribution in [-0.4, -0.2) is 43.0 Å². The highest BCUT2D eigenvalue weighted by molar-refractivity contribution is 7.10. The number of anilines is 1. The molecule has 2 fully saturated rings. The zero-order chi connectivity index (χ0) is 19.9. The molecule has 27 heavy (non-hydrogen) atoms. The van der Waals surface area contributed by atoms with Gasteiger partial charge in [0.15, 0.2) is 0 Å². The Kier molecular flexibility index (Phi) is 5.77. The van der Waals surface area contributed by atoms with E-state index in [0.717, 1.165) is 24.2 Å². The summed E-state index contributed by atoms with van der Waals surface area (Å²) in [5.74, 6) is 0.667. The molecule has 1 aliphatic heterocycles. The van der Waals surface area contributed by atoms with E-state index in [9.17, 15) is 18.0 Å². The van der Waals surface area contributed by atoms with Gasteiger partial charge in [-0.2, -0.15) is 13.2 Å². The van der Waals surface area contributed by atoms with E-state index in [2.05, 4.69) is 18.7 Å². The number of thiophene rings is 1. The molecule has 1 amide bonds. The maximum Gasteiger partial charge on any atom is 0.427 e. The summed E-state index contributed by atoms with van der Waals surface area (Å²) in [6, 6.07) is 1.44. The summed E-state index contributed by atoms with van der Waals surface area (Å²) < 4.78 is 39.8. The number of primary amides is 1. The molecule has 1 saturated heterocycles. The molecule has 3 rings (SSSR count). The van der Waals surface area contributed by atoms with Crippen LogP contribution in [0.5, 0.6) is 0 Å². The molecule has 152 valence electrons. The predicted octanol–water partition coefficient (Wildman–Crippen LogP) is 3.81. The molecule has 2 heterocycles. The van der Waals surface area contributed by atoms with Gasteiger partial charge in [0.25, 0.3) is 0 Å². The van der Waals surface area contributed by atoms with Crippen LogP contribution in [0.15, 0.2) is 11.4 Å². The van der Waals surface area contributed by atoms with E-state index in [1.807, 2.05) is 11.9 Å². The summed E-state index contributed by atoms with van der Waals surface area (Å²) in [5, 5.41) is 1.52. The van der Waals surface area contributed by atoms with Crippen LogP contribution in [0.25, 0.3) is 0 Å². The number of carbonyl (C=O) groups excluding carboxylic acids is 1. The van der Waals surface area contributed by atoms with Crippen LogP contribution in [0, 0.1) is 17.8 Å². The molecule has 1 aliphatic carbocycles. The number of fused-ring (bicyclic) bond motifs is 1. The van der Waals surface area contributed by atoms with Crippen molar-refractivity contribution in [3.05, 3.63) is 16.3 Å². The molecule has 1 aromatic rings. The molecule has 0 radical (unpaired) electrons. The predicted molar refractivity (Wildman–Crippen MR) is 102 cm³/mol. The number of hydrogen-bond donors (Lipinski definition) is 1. The highest BCUT2D eigenvalue weighted by Crippen LogP contribution is 2.46. The van der Waals surface area contributed by atoms with E-state index in [0.29, 0.717) is 37.0 Å². The van der Waals surface area contributed by atoms with Crippen LogP contribution in [0.1, 0.15) is 38.0 Å². The van der Waals surface area contributed by atoms with E-state index < -0.39 is 11.1 Å². The first-order chi connectivity index (χ1) is 12.6. The maximum absolute atomic E-state index is 13.3. The van der Waals surface area contributed by atoms with Crippen LogP contribution < -0.4 is 10.6 Å². The molecule has 2 aliphatic rings. The van der Waals surface area contributed by atoms with Gasteiger partial charge in [-0.1, -0.05) is 13.8 Å². The Hall–Kier alpha value is -1.28. The Labute approximate surface area is 162 Å². The average Bonchev–Trinajstić information content (AvgIpc) is 3.24. The monoisotopic (exact) mass is 403 g/mol. The molecular formula is C19H28F3N3OS. The fraction of sp³-hybridized carbons (Fsp3) is 0.737. The Bertz CT molecular complexity index is 675. The van der Waals surface area contributed by atoms with Crippen molar-refractivity contribution < 1.29 is 18.0 Å². The van der Waals surface area contributed by atoms with Crippen molar-refractivity contribution in [2.24, 2.45) is 23.5 Å². The first-order valence-corrected chi connectivity index (χ1v) is 10.4. The van der Waals surface area contributed by atoms with Gasteiger partial charge >= 0.3 is 6.18 Å². The summed E-state index contributed by atoms with van der Waals surface area (Å²) in [6.45, 7) is 5.38. The van der Waals surface area contributed by atoms with E-state index in [1.165, 1.54) is 5.38 Å². The van der Waals surface area contributed by atoms with Gasteiger partial charge in [-0.3, -0.25) is 9.69 Å². The third-order valence-corrected chi connectivity index (χ3v) is 7.05. The van der Waals surface area contributed by atoms with E-state index >= 15 is 0 Å². The van der Waals surface area contributed by atoms with E-state index in [1.54, 1.807) is 6.07 Å². The molecule has 0 bridgehead atoms. The molecule has 0 spiro atoms. The molecule has 1 aromatic heterocycles. The Morgan fingerprint density at radius 1 is 1.37 bits per heavy atom. The van der Waals surface area contributed by atoms with Gasteiger partial charge in [-0.25, -0.2) is 0 Å². The average molecular weight is 404 g/mol. The Morgan fingerprint density at radius 3 is 2.67 bits per heavy atom. The highest BCUT2D eigenvalue weighted by atomic mass is 32.1. The number of nitrogens with zero attached hydrogens (tertiary/aromatic N) is 2. The largest absolute Gasteiger partial charge is 0.427 e. The van der Waals surface area contributed by atoms with Gasteiger partial charge in [0.05, 0.1) is 11.7 Å². The number of alkyl halides is 3. The van der Waals surface area contributed by atoms with Crippen LogP contribution in [0.3, 0.4) is 0 Å². The Morgan fingerprint density at radius 2 is 2.07 bits per heavy atom. The van der Waals surface area contributed by atoms with E-state index in [-0.39, 0.29) is 23.9 Å². The standard InChI is InChI=1S/C19H28F3N3OS/c1-11(2)8-16(18(23)26)24(3)14-5-4-12-9-25(10-13(12)14)15-6-7-27-17(15)19(20,21)22/h6-7,11-14,16H,4-5,8-10H2,1-3H3,(H2,23,26)/t12-,13+,14+,16+/m1/s1. The number of amides is 1. The fourth-order valence-electron chi connectivity index (χ4n) is 4.86. The number of rotatable bonds is 6. The summed E-state index contributed by atoms with van der Waals surface area (Å²) in [6.07, 6.45) is -1.66. The number of halogens is 3. The van der Waals surface area contributed by atoms with E-state index in [4.69, 9.17) is 5.73 Å². The number of hydrogen-bond acceptors (Lipinski definition) is 4. The molecule has 2 N–H and O–H groups in total. The molecule has 4 nitrogen and oxygen atoms in total. The first-order valence-electron chi connectivity index (χ1n) is 9.50. The zero-order valence-corrected chi connectivity index (χ0v) is 16.8. The highest BCUT2D eigenvalue weighted by Gasteiger charge is 2.47. The van der Waals surface area contributed by atoms with Crippen LogP contribution in [-0.2, 0) is 11.0 Å². The SMILES string of the molecule is CC(C)C[C@@H](C(N)=O)N(C)[C@H]1CC[C@@H]2CN(c3ccsc3C(F)(F)F)C[C@@H]21. The quantitative estimate of drug-likeness (QED) is 0.786. The normalized spacial score (nSPS) is 26.8. The van der Waals surface area contributed by atoms with Crippen molar-refractivity contribution in [2.75, 3.05) is 25.0 Å². The second kappa shape index (κ2) is 7.62. The summed E-state index contributed by atoms with van der Waals surface area (Å²) >= 11 is 0.756. The summed E-state index contributed by atoms with van der Waals surface area (Å²) in [7, 11) is 1.94. The van der Waals surface area contributed by atoms with Gasteiger partial charge in [0.2, 0.25) is 5.91 Å². The second-order valence-corrected chi connectivity index (χ2v) is 9.24.